The van der Waals surface area contributed by atoms with Crippen LogP contribution in [0.25, 0.3) is 0 Å². The lowest BCUT2D eigenvalue weighted by atomic mass is 10.2. The van der Waals surface area contributed by atoms with Crippen molar-refractivity contribution in [2.24, 2.45) is 5.84 Å². The van der Waals surface area contributed by atoms with Gasteiger partial charge in [-0.15, -0.1) is 0 Å². The zero-order chi connectivity index (χ0) is 13.8. The Hall–Kier alpha value is -1.84. The van der Waals surface area contributed by atoms with Gasteiger partial charge in [0.05, 0.1) is 12.5 Å². The Kier molecular flexibility index (Phi) is 4.20. The summed E-state index contributed by atoms with van der Waals surface area (Å²) >= 11 is 5.85. The number of halogens is 1. The van der Waals surface area contributed by atoms with E-state index in [4.69, 9.17) is 22.7 Å². The topological polar surface area (TPSA) is 95.0 Å². The minimum Gasteiger partial charge on any atom is -0.335 e. The first-order valence-corrected chi connectivity index (χ1v) is 6.35. The number of rotatable bonds is 5. The number of nitrogens with one attached hydrogen (secondary N) is 1. The summed E-state index contributed by atoms with van der Waals surface area (Å²) in [6.45, 7) is 0.436. The number of anilines is 1. The molecule has 0 bridgehead atoms. The number of nitrogen functional groups attached to an aromatic ring is 1. The molecule has 0 unspecified atom stereocenters. The van der Waals surface area contributed by atoms with Gasteiger partial charge >= 0.3 is 0 Å². The Morgan fingerprint density at radius 1 is 1.63 bits per heavy atom. The minimum absolute atomic E-state index is 0.140. The summed E-state index contributed by atoms with van der Waals surface area (Å²) in [5.74, 6) is 5.48. The van der Waals surface area contributed by atoms with Gasteiger partial charge in [0.2, 0.25) is 0 Å². The van der Waals surface area contributed by atoms with E-state index in [-0.39, 0.29) is 17.1 Å². The van der Waals surface area contributed by atoms with Crippen LogP contribution in [0.5, 0.6) is 0 Å². The summed E-state index contributed by atoms with van der Waals surface area (Å²) in [6, 6.07) is 5.35. The van der Waals surface area contributed by atoms with Crippen LogP contribution in [0.1, 0.15) is 29.6 Å². The highest BCUT2D eigenvalue weighted by Gasteiger charge is 2.32. The van der Waals surface area contributed by atoms with Crippen LogP contribution in [0, 0.1) is 11.3 Å². The molecule has 6 nitrogen and oxygen atoms in total. The van der Waals surface area contributed by atoms with Crippen molar-refractivity contribution in [1.29, 1.82) is 5.26 Å². The maximum Gasteiger partial charge on any atom is 0.254 e. The molecule has 0 aromatic carbocycles. The smallest absolute Gasteiger partial charge is 0.254 e. The fraction of sp³-hybridized carbons (Fsp3) is 0.417. The summed E-state index contributed by atoms with van der Waals surface area (Å²) in [5.41, 5.74) is 2.80. The first-order valence-electron chi connectivity index (χ1n) is 5.98. The molecule has 1 aliphatic rings. The van der Waals surface area contributed by atoms with Crippen LogP contribution in [-0.4, -0.2) is 28.4 Å². The zero-order valence-electron chi connectivity index (χ0n) is 10.3. The van der Waals surface area contributed by atoms with Crippen molar-refractivity contribution in [3.63, 3.8) is 0 Å². The Balaban J connectivity index is 2.21. The normalized spacial score (nSPS) is 13.7. The second-order valence-corrected chi connectivity index (χ2v) is 4.73. The van der Waals surface area contributed by atoms with Gasteiger partial charge in [-0.2, -0.15) is 5.26 Å². The SMILES string of the molecule is N#CCCN(C(=O)c1cc(Cl)nc(NN)c1)C1CC1. The first-order chi connectivity index (χ1) is 9.15. The number of hydrogen-bond acceptors (Lipinski definition) is 5. The third-order valence-electron chi connectivity index (χ3n) is 2.90. The number of hydrogen-bond donors (Lipinski definition) is 2. The largest absolute Gasteiger partial charge is 0.335 e. The standard InChI is InChI=1S/C12H14ClN5O/c13-10-6-8(7-11(16-10)17-15)12(19)18(5-1-4-14)9-2-3-9/h6-7,9H,1-3,5,15H2,(H,16,17). The Bertz CT molecular complexity index is 523. The number of hydrazine groups is 1. The van der Waals surface area contributed by atoms with E-state index in [0.717, 1.165) is 12.8 Å². The van der Waals surface area contributed by atoms with Crippen molar-refractivity contribution < 1.29 is 4.79 Å². The molecule has 1 saturated carbocycles. The fourth-order valence-electron chi connectivity index (χ4n) is 1.87. The molecular formula is C12H14ClN5O. The maximum atomic E-state index is 12.4. The monoisotopic (exact) mass is 279 g/mol. The molecule has 0 radical (unpaired) electrons. The van der Waals surface area contributed by atoms with Crippen LogP contribution in [0.4, 0.5) is 5.82 Å². The minimum atomic E-state index is -0.140. The summed E-state index contributed by atoms with van der Waals surface area (Å²) < 4.78 is 0. The van der Waals surface area contributed by atoms with E-state index in [9.17, 15) is 4.79 Å². The summed E-state index contributed by atoms with van der Waals surface area (Å²) in [5, 5.41) is 8.85. The molecule has 0 atom stereocenters. The molecule has 1 aromatic rings. The lowest BCUT2D eigenvalue weighted by Gasteiger charge is -2.21. The molecule has 3 N–H and O–H groups in total. The predicted molar refractivity (Wildman–Crippen MR) is 71.3 cm³/mol. The van der Waals surface area contributed by atoms with E-state index in [2.05, 4.69) is 16.5 Å². The second-order valence-electron chi connectivity index (χ2n) is 4.35. The van der Waals surface area contributed by atoms with Gasteiger partial charge in [-0.3, -0.25) is 4.79 Å². The molecule has 2 rings (SSSR count). The van der Waals surface area contributed by atoms with E-state index in [1.54, 1.807) is 11.0 Å². The van der Waals surface area contributed by atoms with Gasteiger partial charge < -0.3 is 10.3 Å². The number of pyridine rings is 1. The van der Waals surface area contributed by atoms with Gasteiger partial charge in [0.1, 0.15) is 11.0 Å². The number of aromatic nitrogens is 1. The molecule has 1 amide bonds. The van der Waals surface area contributed by atoms with Gasteiger partial charge in [-0.05, 0) is 25.0 Å². The van der Waals surface area contributed by atoms with Crippen LogP contribution in [0.15, 0.2) is 12.1 Å². The van der Waals surface area contributed by atoms with Gasteiger partial charge in [0, 0.05) is 18.2 Å². The highest BCUT2D eigenvalue weighted by Crippen LogP contribution is 2.29. The van der Waals surface area contributed by atoms with E-state index in [0.29, 0.717) is 24.3 Å². The number of nitrogens with zero attached hydrogens (tertiary/aromatic N) is 3. The summed E-state index contributed by atoms with van der Waals surface area (Å²) in [6.07, 6.45) is 2.29. The molecule has 1 aliphatic carbocycles. The van der Waals surface area contributed by atoms with Crippen molar-refractivity contribution in [3.05, 3.63) is 22.8 Å². The molecule has 1 aromatic heterocycles. The lowest BCUT2D eigenvalue weighted by Crippen LogP contribution is -2.34. The Morgan fingerprint density at radius 3 is 2.95 bits per heavy atom. The maximum absolute atomic E-state index is 12.4. The third kappa shape index (κ3) is 3.34. The third-order valence-corrected chi connectivity index (χ3v) is 3.10. The number of amides is 1. The van der Waals surface area contributed by atoms with Gasteiger partial charge in [0.15, 0.2) is 0 Å². The van der Waals surface area contributed by atoms with Crippen molar-refractivity contribution in [2.45, 2.75) is 25.3 Å². The molecular weight excluding hydrogens is 266 g/mol. The van der Waals surface area contributed by atoms with Crippen molar-refractivity contribution >= 4 is 23.3 Å². The van der Waals surface area contributed by atoms with Crippen LogP contribution in [0.2, 0.25) is 5.15 Å². The quantitative estimate of drug-likeness (QED) is 0.484. The molecule has 19 heavy (non-hydrogen) atoms. The summed E-state index contributed by atoms with van der Waals surface area (Å²) in [4.78, 5) is 18.1. The summed E-state index contributed by atoms with van der Waals surface area (Å²) in [7, 11) is 0. The zero-order valence-corrected chi connectivity index (χ0v) is 11.0. The predicted octanol–water partition coefficient (Wildman–Crippen LogP) is 1.54. The van der Waals surface area contributed by atoms with E-state index in [1.165, 1.54) is 6.07 Å². The fourth-order valence-corrected chi connectivity index (χ4v) is 2.08. The van der Waals surface area contributed by atoms with E-state index < -0.39 is 0 Å². The molecule has 1 heterocycles. The van der Waals surface area contributed by atoms with Gasteiger partial charge in [-0.25, -0.2) is 10.8 Å². The molecule has 100 valence electrons. The van der Waals surface area contributed by atoms with E-state index >= 15 is 0 Å². The van der Waals surface area contributed by atoms with Crippen LogP contribution < -0.4 is 11.3 Å². The molecule has 7 heteroatoms. The van der Waals surface area contributed by atoms with E-state index in [1.807, 2.05) is 0 Å². The van der Waals surface area contributed by atoms with Gasteiger partial charge in [-0.1, -0.05) is 11.6 Å². The molecule has 0 saturated heterocycles. The number of carbonyl (C=O) groups excluding carboxylic acids is 1. The molecule has 1 fully saturated rings. The first kappa shape index (κ1) is 13.6. The van der Waals surface area contributed by atoms with Crippen molar-refractivity contribution in [1.82, 2.24) is 9.88 Å². The van der Waals surface area contributed by atoms with Crippen LogP contribution in [0.3, 0.4) is 0 Å². The van der Waals surface area contributed by atoms with Crippen molar-refractivity contribution in [3.8, 4) is 6.07 Å². The number of nitrogens with two attached hydrogens (primary N) is 1. The second kappa shape index (κ2) is 5.87. The highest BCUT2D eigenvalue weighted by molar-refractivity contribution is 6.29. The van der Waals surface area contributed by atoms with Gasteiger partial charge in [0.25, 0.3) is 5.91 Å². The average Bonchev–Trinajstić information content (AvgIpc) is 3.22. The number of carbonyl (C=O) groups is 1. The number of nitriles is 1. The lowest BCUT2D eigenvalue weighted by molar-refractivity contribution is 0.0747. The Labute approximate surface area is 116 Å². The Morgan fingerprint density at radius 2 is 2.37 bits per heavy atom. The van der Waals surface area contributed by atoms with Crippen molar-refractivity contribution in [2.75, 3.05) is 12.0 Å². The van der Waals surface area contributed by atoms with Crippen LogP contribution >= 0.6 is 11.6 Å². The highest BCUT2D eigenvalue weighted by atomic mass is 35.5. The average molecular weight is 280 g/mol. The van der Waals surface area contributed by atoms with Crippen LogP contribution in [-0.2, 0) is 0 Å². The molecule has 0 aliphatic heterocycles. The molecule has 0 spiro atoms.